The molecule has 1 amide bonds. The van der Waals surface area contributed by atoms with Gasteiger partial charge in [-0.3, -0.25) is 4.79 Å². The third kappa shape index (κ3) is 4.05. The van der Waals surface area contributed by atoms with E-state index in [0.29, 0.717) is 23.6 Å². The number of nitrogens with zero attached hydrogens (tertiary/aromatic N) is 1. The molecule has 1 aliphatic heterocycles. The zero-order valence-electron chi connectivity index (χ0n) is 13.2. The fourth-order valence-electron chi connectivity index (χ4n) is 2.89. The van der Waals surface area contributed by atoms with Gasteiger partial charge in [-0.15, -0.1) is 12.4 Å². The second-order valence-corrected chi connectivity index (χ2v) is 5.29. The van der Waals surface area contributed by atoms with E-state index in [-0.39, 0.29) is 24.4 Å². The molecular weight excluding hydrogens is 304 g/mol. The Hall–Kier alpha value is -1.46. The average Bonchev–Trinajstić information content (AvgIpc) is 2.54. The van der Waals surface area contributed by atoms with E-state index in [0.717, 1.165) is 32.2 Å². The van der Waals surface area contributed by atoms with E-state index >= 15 is 0 Å². The van der Waals surface area contributed by atoms with Gasteiger partial charge < -0.3 is 20.1 Å². The van der Waals surface area contributed by atoms with Crippen molar-refractivity contribution in [2.24, 2.45) is 5.73 Å². The molecule has 1 heterocycles. The summed E-state index contributed by atoms with van der Waals surface area (Å²) in [6.45, 7) is 1.40. The Labute approximate surface area is 138 Å². The molecule has 1 atom stereocenters. The molecule has 1 aromatic carbocycles. The molecule has 0 bridgehead atoms. The molecule has 0 spiro atoms. The van der Waals surface area contributed by atoms with Crippen LogP contribution in [-0.4, -0.2) is 44.2 Å². The number of amides is 1. The van der Waals surface area contributed by atoms with Crippen LogP contribution >= 0.6 is 12.4 Å². The summed E-state index contributed by atoms with van der Waals surface area (Å²) in [5.74, 6) is 1.25. The number of carbonyl (C=O) groups excluding carboxylic acids is 1. The van der Waals surface area contributed by atoms with E-state index in [2.05, 4.69) is 0 Å². The monoisotopic (exact) mass is 328 g/mol. The topological polar surface area (TPSA) is 64.8 Å². The number of hydrogen-bond donors (Lipinski definition) is 1. The standard InChI is InChI=1S/C16H24N2O3.ClH/c1-20-13-6-7-14(15(11-13)21-2)16(19)18-10-4-3-5-12(18)8-9-17;/h6-7,11-12H,3-5,8-10,17H2,1-2H3;1H. The number of nitrogens with two attached hydrogens (primary N) is 1. The summed E-state index contributed by atoms with van der Waals surface area (Å²) in [5.41, 5.74) is 6.26. The quantitative estimate of drug-likeness (QED) is 0.901. The third-order valence-electron chi connectivity index (χ3n) is 4.03. The minimum atomic E-state index is 0. The van der Waals surface area contributed by atoms with Crippen molar-refractivity contribution in [2.45, 2.75) is 31.7 Å². The molecule has 1 aliphatic rings. The van der Waals surface area contributed by atoms with Crippen LogP contribution in [0.3, 0.4) is 0 Å². The van der Waals surface area contributed by atoms with Gasteiger partial charge in [0, 0.05) is 18.7 Å². The van der Waals surface area contributed by atoms with Crippen LogP contribution in [0.5, 0.6) is 11.5 Å². The van der Waals surface area contributed by atoms with Crippen molar-refractivity contribution in [1.29, 1.82) is 0 Å². The minimum Gasteiger partial charge on any atom is -0.497 e. The maximum absolute atomic E-state index is 12.8. The van der Waals surface area contributed by atoms with E-state index in [1.54, 1.807) is 32.4 Å². The van der Waals surface area contributed by atoms with Gasteiger partial charge in [0.2, 0.25) is 0 Å². The molecule has 6 heteroatoms. The molecule has 1 saturated heterocycles. The zero-order chi connectivity index (χ0) is 15.2. The first-order valence-corrected chi connectivity index (χ1v) is 7.44. The van der Waals surface area contributed by atoms with E-state index < -0.39 is 0 Å². The smallest absolute Gasteiger partial charge is 0.257 e. The highest BCUT2D eigenvalue weighted by molar-refractivity contribution is 5.97. The van der Waals surface area contributed by atoms with E-state index in [1.165, 1.54) is 0 Å². The Morgan fingerprint density at radius 2 is 2.09 bits per heavy atom. The number of piperidine rings is 1. The predicted molar refractivity (Wildman–Crippen MR) is 89.1 cm³/mol. The van der Waals surface area contributed by atoms with Crippen molar-refractivity contribution in [3.05, 3.63) is 23.8 Å². The van der Waals surface area contributed by atoms with Crippen LogP contribution in [0.25, 0.3) is 0 Å². The number of carbonyl (C=O) groups is 1. The second-order valence-electron chi connectivity index (χ2n) is 5.29. The van der Waals surface area contributed by atoms with Crippen molar-refractivity contribution in [3.63, 3.8) is 0 Å². The molecule has 2 rings (SSSR count). The summed E-state index contributed by atoms with van der Waals surface area (Å²) >= 11 is 0. The van der Waals surface area contributed by atoms with Gasteiger partial charge in [0.15, 0.2) is 0 Å². The number of methoxy groups -OCH3 is 2. The summed E-state index contributed by atoms with van der Waals surface area (Å²) in [4.78, 5) is 14.8. The minimum absolute atomic E-state index is 0. The molecule has 1 fully saturated rings. The summed E-state index contributed by atoms with van der Waals surface area (Å²) in [5, 5.41) is 0. The van der Waals surface area contributed by atoms with Crippen molar-refractivity contribution in [3.8, 4) is 11.5 Å². The number of hydrogen-bond acceptors (Lipinski definition) is 4. The van der Waals surface area contributed by atoms with Crippen LogP contribution in [0.15, 0.2) is 18.2 Å². The molecule has 1 aromatic rings. The molecule has 5 nitrogen and oxygen atoms in total. The van der Waals surface area contributed by atoms with Crippen LogP contribution in [0.2, 0.25) is 0 Å². The summed E-state index contributed by atoms with van der Waals surface area (Å²) in [7, 11) is 3.16. The van der Waals surface area contributed by atoms with Crippen molar-refractivity contribution in [2.75, 3.05) is 27.3 Å². The first kappa shape index (κ1) is 18.6. The Balaban J connectivity index is 0.00000242. The Bertz CT molecular complexity index is 494. The maximum Gasteiger partial charge on any atom is 0.257 e. The van der Waals surface area contributed by atoms with Crippen molar-refractivity contribution in [1.82, 2.24) is 4.90 Å². The average molecular weight is 329 g/mol. The molecule has 0 aromatic heterocycles. The molecule has 0 radical (unpaired) electrons. The second kappa shape index (κ2) is 8.86. The molecule has 124 valence electrons. The lowest BCUT2D eigenvalue weighted by Crippen LogP contribution is -2.44. The van der Waals surface area contributed by atoms with Crippen LogP contribution in [0.1, 0.15) is 36.0 Å². The van der Waals surface area contributed by atoms with Gasteiger partial charge in [-0.25, -0.2) is 0 Å². The van der Waals surface area contributed by atoms with E-state index in [4.69, 9.17) is 15.2 Å². The first-order valence-electron chi connectivity index (χ1n) is 7.44. The molecular formula is C16H25ClN2O3. The van der Waals surface area contributed by atoms with Gasteiger partial charge >= 0.3 is 0 Å². The summed E-state index contributed by atoms with van der Waals surface area (Å²) < 4.78 is 10.5. The number of halogens is 1. The lowest BCUT2D eigenvalue weighted by atomic mass is 9.98. The molecule has 0 aliphatic carbocycles. The van der Waals surface area contributed by atoms with Gasteiger partial charge in [-0.2, -0.15) is 0 Å². The number of ether oxygens (including phenoxy) is 2. The summed E-state index contributed by atoms with van der Waals surface area (Å²) in [6.07, 6.45) is 4.09. The van der Waals surface area contributed by atoms with Crippen LogP contribution in [0.4, 0.5) is 0 Å². The Morgan fingerprint density at radius 3 is 2.73 bits per heavy atom. The molecule has 1 unspecified atom stereocenters. The van der Waals surface area contributed by atoms with Gasteiger partial charge in [-0.1, -0.05) is 0 Å². The van der Waals surface area contributed by atoms with E-state index in [1.807, 2.05) is 4.90 Å². The van der Waals surface area contributed by atoms with Gasteiger partial charge in [0.1, 0.15) is 11.5 Å². The summed E-state index contributed by atoms with van der Waals surface area (Å²) in [6, 6.07) is 5.55. The lowest BCUT2D eigenvalue weighted by Gasteiger charge is -2.36. The third-order valence-corrected chi connectivity index (χ3v) is 4.03. The fourth-order valence-corrected chi connectivity index (χ4v) is 2.89. The van der Waals surface area contributed by atoms with E-state index in [9.17, 15) is 4.79 Å². The zero-order valence-corrected chi connectivity index (χ0v) is 14.0. The van der Waals surface area contributed by atoms with Gasteiger partial charge in [0.25, 0.3) is 5.91 Å². The number of rotatable bonds is 5. The number of likely N-dealkylation sites (tertiary alicyclic amines) is 1. The molecule has 2 N–H and O–H groups in total. The van der Waals surface area contributed by atoms with Crippen LogP contribution in [0, 0.1) is 0 Å². The predicted octanol–water partition coefficient (Wildman–Crippen LogP) is 2.47. The Kier molecular flexibility index (Phi) is 7.48. The largest absolute Gasteiger partial charge is 0.497 e. The van der Waals surface area contributed by atoms with Gasteiger partial charge in [-0.05, 0) is 44.4 Å². The van der Waals surface area contributed by atoms with Crippen molar-refractivity contribution < 1.29 is 14.3 Å². The SMILES string of the molecule is COc1ccc(C(=O)N2CCCCC2CCN)c(OC)c1.Cl. The fraction of sp³-hybridized carbons (Fsp3) is 0.562. The number of benzene rings is 1. The highest BCUT2D eigenvalue weighted by Gasteiger charge is 2.28. The Morgan fingerprint density at radius 1 is 1.32 bits per heavy atom. The van der Waals surface area contributed by atoms with Gasteiger partial charge in [0.05, 0.1) is 19.8 Å². The lowest BCUT2D eigenvalue weighted by molar-refractivity contribution is 0.0601. The highest BCUT2D eigenvalue weighted by atomic mass is 35.5. The highest BCUT2D eigenvalue weighted by Crippen LogP contribution is 2.28. The molecule has 22 heavy (non-hydrogen) atoms. The van der Waals surface area contributed by atoms with Crippen molar-refractivity contribution >= 4 is 18.3 Å². The molecule has 0 saturated carbocycles. The van der Waals surface area contributed by atoms with Crippen LogP contribution < -0.4 is 15.2 Å². The van der Waals surface area contributed by atoms with Crippen LogP contribution in [-0.2, 0) is 0 Å². The maximum atomic E-state index is 12.8. The first-order chi connectivity index (χ1) is 10.2. The normalized spacial score (nSPS) is 17.6.